The van der Waals surface area contributed by atoms with Gasteiger partial charge in [0, 0.05) is 0 Å². The minimum absolute atomic E-state index is 0.0289. The second-order valence-corrected chi connectivity index (χ2v) is 3.48. The average molecular weight is 202 g/mol. The lowest BCUT2D eigenvalue weighted by molar-refractivity contribution is 0.0423. The summed E-state index contributed by atoms with van der Waals surface area (Å²) in [5, 5.41) is 0. The first kappa shape index (κ1) is 9.99. The van der Waals surface area contributed by atoms with Crippen molar-refractivity contribution in [2.45, 2.75) is 12.7 Å². The highest BCUT2D eigenvalue weighted by molar-refractivity contribution is 5.16. The van der Waals surface area contributed by atoms with Crippen LogP contribution in [0.15, 0.2) is 54.8 Å². The Morgan fingerprint density at radius 1 is 1.27 bits per heavy atom. The van der Waals surface area contributed by atoms with Gasteiger partial charge < -0.3 is 9.47 Å². The maximum atomic E-state index is 5.53. The molecule has 78 valence electrons. The van der Waals surface area contributed by atoms with Crippen molar-refractivity contribution in [3.8, 4) is 0 Å². The Hall–Kier alpha value is -1.54. The van der Waals surface area contributed by atoms with Crippen LogP contribution in [0.1, 0.15) is 5.56 Å². The van der Waals surface area contributed by atoms with E-state index in [1.807, 2.05) is 42.5 Å². The predicted octanol–water partition coefficient (Wildman–Crippen LogP) is 2.67. The Morgan fingerprint density at radius 2 is 2.07 bits per heavy atom. The van der Waals surface area contributed by atoms with Crippen LogP contribution in [0.25, 0.3) is 0 Å². The number of allylic oxidation sites excluding steroid dienone is 1. The predicted molar refractivity (Wildman–Crippen MR) is 59.3 cm³/mol. The first-order valence-electron chi connectivity index (χ1n) is 5.00. The number of rotatable bonds is 4. The van der Waals surface area contributed by atoms with Crippen molar-refractivity contribution in [2.24, 2.45) is 0 Å². The van der Waals surface area contributed by atoms with Crippen LogP contribution in [-0.2, 0) is 16.1 Å². The summed E-state index contributed by atoms with van der Waals surface area (Å²) in [4.78, 5) is 0. The Bertz CT molecular complexity index is 354. The third-order valence-corrected chi connectivity index (χ3v) is 2.19. The first-order valence-corrected chi connectivity index (χ1v) is 5.00. The van der Waals surface area contributed by atoms with Gasteiger partial charge in [0.2, 0.25) is 0 Å². The zero-order valence-electron chi connectivity index (χ0n) is 8.56. The van der Waals surface area contributed by atoms with Crippen LogP contribution in [0.5, 0.6) is 0 Å². The zero-order valence-corrected chi connectivity index (χ0v) is 8.56. The van der Waals surface area contributed by atoms with Gasteiger partial charge in [-0.25, -0.2) is 0 Å². The lowest BCUT2D eigenvalue weighted by atomic mass is 10.2. The van der Waals surface area contributed by atoms with E-state index >= 15 is 0 Å². The molecule has 1 aliphatic rings. The van der Waals surface area contributed by atoms with Crippen molar-refractivity contribution in [3.05, 3.63) is 60.4 Å². The van der Waals surface area contributed by atoms with Gasteiger partial charge in [0.1, 0.15) is 11.9 Å². The molecular formula is C13H14O2. The molecule has 2 heteroatoms. The van der Waals surface area contributed by atoms with E-state index in [9.17, 15) is 0 Å². The SMILES string of the molecule is C=C1C=CC(COCc2ccccc2)O1. The second kappa shape index (κ2) is 4.80. The average Bonchev–Trinajstić information content (AvgIpc) is 2.66. The molecule has 1 heterocycles. The molecule has 0 radical (unpaired) electrons. The lowest BCUT2D eigenvalue weighted by Crippen LogP contribution is -2.12. The van der Waals surface area contributed by atoms with Gasteiger partial charge in [-0.15, -0.1) is 0 Å². The lowest BCUT2D eigenvalue weighted by Gasteiger charge is -2.10. The molecule has 15 heavy (non-hydrogen) atoms. The molecule has 0 saturated heterocycles. The molecule has 1 unspecified atom stereocenters. The summed E-state index contributed by atoms with van der Waals surface area (Å²) >= 11 is 0. The standard InChI is InChI=1S/C13H14O2/c1-11-7-8-13(15-11)10-14-9-12-5-3-2-4-6-12/h2-8,13H,1,9-10H2. The Balaban J connectivity index is 1.72. The number of benzene rings is 1. The monoisotopic (exact) mass is 202 g/mol. The van der Waals surface area contributed by atoms with Crippen LogP contribution < -0.4 is 0 Å². The second-order valence-electron chi connectivity index (χ2n) is 3.48. The van der Waals surface area contributed by atoms with Crippen LogP contribution in [0.4, 0.5) is 0 Å². The van der Waals surface area contributed by atoms with Crippen molar-refractivity contribution in [3.63, 3.8) is 0 Å². The Kier molecular flexibility index (Phi) is 3.20. The fraction of sp³-hybridized carbons (Fsp3) is 0.231. The molecule has 2 nitrogen and oxygen atoms in total. The molecule has 0 aromatic heterocycles. The number of ether oxygens (including phenoxy) is 2. The van der Waals surface area contributed by atoms with Crippen molar-refractivity contribution in [1.29, 1.82) is 0 Å². The highest BCUT2D eigenvalue weighted by Crippen LogP contribution is 2.13. The molecule has 0 aliphatic carbocycles. The minimum atomic E-state index is 0.0289. The summed E-state index contributed by atoms with van der Waals surface area (Å²) in [7, 11) is 0. The summed E-state index contributed by atoms with van der Waals surface area (Å²) < 4.78 is 10.9. The molecule has 0 N–H and O–H groups in total. The van der Waals surface area contributed by atoms with Gasteiger partial charge in [0.25, 0.3) is 0 Å². The van der Waals surface area contributed by atoms with E-state index in [-0.39, 0.29) is 6.10 Å². The summed E-state index contributed by atoms with van der Waals surface area (Å²) in [6.07, 6.45) is 3.87. The van der Waals surface area contributed by atoms with Crippen molar-refractivity contribution >= 4 is 0 Å². The van der Waals surface area contributed by atoms with E-state index in [0.29, 0.717) is 19.0 Å². The van der Waals surface area contributed by atoms with E-state index in [2.05, 4.69) is 6.58 Å². The van der Waals surface area contributed by atoms with Crippen molar-refractivity contribution < 1.29 is 9.47 Å². The van der Waals surface area contributed by atoms with Gasteiger partial charge in [-0.05, 0) is 17.7 Å². The van der Waals surface area contributed by atoms with Gasteiger partial charge in [-0.1, -0.05) is 36.9 Å². The topological polar surface area (TPSA) is 18.5 Å². The van der Waals surface area contributed by atoms with E-state index in [1.54, 1.807) is 0 Å². The Morgan fingerprint density at radius 3 is 2.73 bits per heavy atom. The molecule has 0 spiro atoms. The molecular weight excluding hydrogens is 188 g/mol. The normalized spacial score (nSPS) is 19.2. The molecule has 1 aliphatic heterocycles. The molecule has 0 amide bonds. The fourth-order valence-corrected chi connectivity index (χ4v) is 1.44. The van der Waals surface area contributed by atoms with Crippen LogP contribution in [0, 0.1) is 0 Å². The summed E-state index contributed by atoms with van der Waals surface area (Å²) in [5.41, 5.74) is 1.18. The van der Waals surface area contributed by atoms with E-state index in [4.69, 9.17) is 9.47 Å². The molecule has 2 rings (SSSR count). The van der Waals surface area contributed by atoms with Crippen LogP contribution in [0.3, 0.4) is 0 Å². The maximum absolute atomic E-state index is 5.53. The fourth-order valence-electron chi connectivity index (χ4n) is 1.44. The third-order valence-electron chi connectivity index (χ3n) is 2.19. The third kappa shape index (κ3) is 2.96. The van der Waals surface area contributed by atoms with Gasteiger partial charge in [-0.3, -0.25) is 0 Å². The summed E-state index contributed by atoms with van der Waals surface area (Å²) in [5.74, 6) is 0.711. The van der Waals surface area contributed by atoms with Crippen molar-refractivity contribution in [2.75, 3.05) is 6.61 Å². The minimum Gasteiger partial charge on any atom is -0.485 e. The largest absolute Gasteiger partial charge is 0.485 e. The molecule has 1 aromatic rings. The van der Waals surface area contributed by atoms with Crippen LogP contribution >= 0.6 is 0 Å². The molecule has 0 bridgehead atoms. The molecule has 1 aromatic carbocycles. The van der Waals surface area contributed by atoms with Gasteiger partial charge >= 0.3 is 0 Å². The molecule has 0 saturated carbocycles. The smallest absolute Gasteiger partial charge is 0.140 e. The van der Waals surface area contributed by atoms with Gasteiger partial charge in [0.05, 0.1) is 13.2 Å². The zero-order chi connectivity index (χ0) is 10.5. The molecule has 0 fully saturated rings. The van der Waals surface area contributed by atoms with Crippen molar-refractivity contribution in [1.82, 2.24) is 0 Å². The van der Waals surface area contributed by atoms with Gasteiger partial charge in [0.15, 0.2) is 0 Å². The molecule has 1 atom stereocenters. The highest BCUT2D eigenvalue weighted by atomic mass is 16.5. The summed E-state index contributed by atoms with van der Waals surface area (Å²) in [6.45, 7) is 4.91. The number of hydrogen-bond acceptors (Lipinski definition) is 2. The van der Waals surface area contributed by atoms with E-state index in [1.165, 1.54) is 5.56 Å². The van der Waals surface area contributed by atoms with E-state index < -0.39 is 0 Å². The quantitative estimate of drug-likeness (QED) is 0.747. The maximum Gasteiger partial charge on any atom is 0.140 e. The van der Waals surface area contributed by atoms with Crippen LogP contribution in [-0.4, -0.2) is 12.7 Å². The van der Waals surface area contributed by atoms with Crippen LogP contribution in [0.2, 0.25) is 0 Å². The van der Waals surface area contributed by atoms with E-state index in [0.717, 1.165) is 0 Å². The van der Waals surface area contributed by atoms with Gasteiger partial charge in [-0.2, -0.15) is 0 Å². The number of hydrogen-bond donors (Lipinski definition) is 0. The first-order chi connectivity index (χ1) is 7.34. The Labute approximate surface area is 89.8 Å². The highest BCUT2D eigenvalue weighted by Gasteiger charge is 2.12. The summed E-state index contributed by atoms with van der Waals surface area (Å²) in [6, 6.07) is 10.1.